The molecule has 2 saturated heterocycles. The number of halogens is 1. The summed E-state index contributed by atoms with van der Waals surface area (Å²) in [7, 11) is 0. The predicted molar refractivity (Wildman–Crippen MR) is 88.5 cm³/mol. The Bertz CT molecular complexity index is 453. The molecule has 2 fully saturated rings. The number of alkyl halides is 1. The Morgan fingerprint density at radius 2 is 2.05 bits per heavy atom. The normalized spacial score (nSPS) is 23.9. The lowest BCUT2D eigenvalue weighted by Gasteiger charge is -2.38. The summed E-state index contributed by atoms with van der Waals surface area (Å²) >= 11 is 5.59. The number of hydrogen-bond acceptors (Lipinski definition) is 4. The van der Waals surface area contributed by atoms with Gasteiger partial charge in [0.05, 0.1) is 12.0 Å². The first-order valence-electron chi connectivity index (χ1n) is 7.83. The predicted octanol–water partition coefficient (Wildman–Crippen LogP) is 1.98. The van der Waals surface area contributed by atoms with Crippen molar-refractivity contribution in [1.82, 2.24) is 4.90 Å². The second-order valence-electron chi connectivity index (χ2n) is 6.01. The van der Waals surface area contributed by atoms with E-state index in [1.807, 2.05) is 0 Å². The fourth-order valence-electron chi connectivity index (χ4n) is 3.31. The highest BCUT2D eigenvalue weighted by atomic mass is 35.5. The van der Waals surface area contributed by atoms with Crippen LogP contribution in [-0.4, -0.2) is 60.8 Å². The SMILES string of the molecule is OC(CCl)CNc1ccc(N2CCN3CCCC3C2)cc1. The summed E-state index contributed by atoms with van der Waals surface area (Å²) in [5, 5.41) is 12.7. The van der Waals surface area contributed by atoms with Gasteiger partial charge in [0.1, 0.15) is 0 Å². The number of benzene rings is 1. The van der Waals surface area contributed by atoms with Crippen LogP contribution in [0.4, 0.5) is 11.4 Å². The van der Waals surface area contributed by atoms with Crippen molar-refractivity contribution >= 4 is 23.0 Å². The second kappa shape index (κ2) is 6.86. The van der Waals surface area contributed by atoms with Gasteiger partial charge in [0.15, 0.2) is 0 Å². The molecule has 2 unspecified atom stereocenters. The lowest BCUT2D eigenvalue weighted by atomic mass is 10.1. The van der Waals surface area contributed by atoms with Crippen molar-refractivity contribution in [2.24, 2.45) is 0 Å². The summed E-state index contributed by atoms with van der Waals surface area (Å²) in [5.41, 5.74) is 2.33. The highest BCUT2D eigenvalue weighted by Crippen LogP contribution is 2.26. The highest BCUT2D eigenvalue weighted by Gasteiger charge is 2.30. The van der Waals surface area contributed by atoms with Gasteiger partial charge < -0.3 is 15.3 Å². The maximum Gasteiger partial charge on any atom is 0.0847 e. The number of hydrogen-bond donors (Lipinski definition) is 2. The first-order chi connectivity index (χ1) is 10.3. The van der Waals surface area contributed by atoms with Gasteiger partial charge in [-0.3, -0.25) is 4.90 Å². The maximum atomic E-state index is 9.46. The van der Waals surface area contributed by atoms with E-state index >= 15 is 0 Å². The van der Waals surface area contributed by atoms with Crippen LogP contribution in [0.2, 0.25) is 0 Å². The Morgan fingerprint density at radius 3 is 2.81 bits per heavy atom. The molecule has 0 bridgehead atoms. The smallest absolute Gasteiger partial charge is 0.0847 e. The molecule has 0 spiro atoms. The minimum Gasteiger partial charge on any atom is -0.390 e. The maximum absolute atomic E-state index is 9.46. The fraction of sp³-hybridized carbons (Fsp3) is 0.625. The molecule has 5 heteroatoms. The fourth-order valence-corrected chi connectivity index (χ4v) is 3.42. The molecule has 0 amide bonds. The molecule has 3 rings (SSSR count). The number of fused-ring (bicyclic) bond motifs is 1. The zero-order valence-corrected chi connectivity index (χ0v) is 13.1. The molecule has 0 aromatic heterocycles. The van der Waals surface area contributed by atoms with E-state index in [0.29, 0.717) is 6.54 Å². The van der Waals surface area contributed by atoms with E-state index in [9.17, 15) is 5.11 Å². The van der Waals surface area contributed by atoms with Gasteiger partial charge in [0, 0.05) is 43.6 Å². The standard InChI is InChI=1S/C16H24ClN3O/c17-10-16(21)11-18-13-3-5-14(6-4-13)20-9-8-19-7-1-2-15(19)12-20/h3-6,15-16,18,21H,1-2,7-12H2. The first-order valence-corrected chi connectivity index (χ1v) is 8.36. The molecule has 0 aliphatic carbocycles. The average Bonchev–Trinajstić information content (AvgIpc) is 3.00. The van der Waals surface area contributed by atoms with Gasteiger partial charge in [0.25, 0.3) is 0 Å². The van der Waals surface area contributed by atoms with Crippen molar-refractivity contribution in [2.75, 3.05) is 48.8 Å². The van der Waals surface area contributed by atoms with Gasteiger partial charge in [-0.05, 0) is 43.7 Å². The van der Waals surface area contributed by atoms with E-state index in [1.54, 1.807) is 0 Å². The Balaban J connectivity index is 1.56. The van der Waals surface area contributed by atoms with E-state index in [1.165, 1.54) is 31.6 Å². The quantitative estimate of drug-likeness (QED) is 0.816. The van der Waals surface area contributed by atoms with Gasteiger partial charge in [0.2, 0.25) is 0 Å². The molecular weight excluding hydrogens is 286 g/mol. The van der Waals surface area contributed by atoms with E-state index < -0.39 is 6.10 Å². The summed E-state index contributed by atoms with van der Waals surface area (Å²) in [4.78, 5) is 5.11. The summed E-state index contributed by atoms with van der Waals surface area (Å²) in [5.74, 6) is 0.261. The minimum atomic E-state index is -0.498. The van der Waals surface area contributed by atoms with Crippen molar-refractivity contribution in [1.29, 1.82) is 0 Å². The van der Waals surface area contributed by atoms with Gasteiger partial charge in [-0.1, -0.05) is 0 Å². The molecule has 2 N–H and O–H groups in total. The van der Waals surface area contributed by atoms with Crippen LogP contribution in [-0.2, 0) is 0 Å². The van der Waals surface area contributed by atoms with Crippen LogP contribution in [0, 0.1) is 0 Å². The zero-order chi connectivity index (χ0) is 14.7. The number of piperazine rings is 1. The number of aliphatic hydroxyl groups excluding tert-OH is 1. The summed E-state index contributed by atoms with van der Waals surface area (Å²) in [6.07, 6.45) is 2.19. The van der Waals surface area contributed by atoms with Crippen molar-refractivity contribution in [3.63, 3.8) is 0 Å². The molecule has 2 heterocycles. The average molecular weight is 310 g/mol. The molecule has 0 radical (unpaired) electrons. The van der Waals surface area contributed by atoms with Crippen LogP contribution in [0.25, 0.3) is 0 Å². The van der Waals surface area contributed by atoms with E-state index in [0.717, 1.165) is 24.8 Å². The van der Waals surface area contributed by atoms with E-state index in [2.05, 4.69) is 39.4 Å². The number of nitrogens with one attached hydrogen (secondary N) is 1. The lowest BCUT2D eigenvalue weighted by molar-refractivity contribution is 0.211. The second-order valence-corrected chi connectivity index (χ2v) is 6.32. The molecule has 2 aliphatic heterocycles. The molecule has 0 saturated carbocycles. The topological polar surface area (TPSA) is 38.7 Å². The summed E-state index contributed by atoms with van der Waals surface area (Å²) in [6, 6.07) is 9.24. The number of anilines is 2. The Kier molecular flexibility index (Phi) is 4.88. The monoisotopic (exact) mass is 309 g/mol. The number of aliphatic hydroxyl groups is 1. The van der Waals surface area contributed by atoms with Gasteiger partial charge in [-0.2, -0.15) is 0 Å². The highest BCUT2D eigenvalue weighted by molar-refractivity contribution is 6.18. The van der Waals surface area contributed by atoms with Gasteiger partial charge in [-0.25, -0.2) is 0 Å². The largest absolute Gasteiger partial charge is 0.390 e. The zero-order valence-electron chi connectivity index (χ0n) is 12.3. The van der Waals surface area contributed by atoms with Crippen LogP contribution >= 0.6 is 11.6 Å². The lowest BCUT2D eigenvalue weighted by Crippen LogP contribution is -2.50. The van der Waals surface area contributed by atoms with Crippen LogP contribution in [0.5, 0.6) is 0 Å². The molecule has 1 aromatic rings. The Hall–Kier alpha value is -0.970. The van der Waals surface area contributed by atoms with Gasteiger partial charge in [-0.15, -0.1) is 11.6 Å². The third-order valence-electron chi connectivity index (χ3n) is 4.54. The van der Waals surface area contributed by atoms with Crippen molar-refractivity contribution in [2.45, 2.75) is 25.0 Å². The Morgan fingerprint density at radius 1 is 1.24 bits per heavy atom. The van der Waals surface area contributed by atoms with Gasteiger partial charge >= 0.3 is 0 Å². The van der Waals surface area contributed by atoms with Crippen LogP contribution in [0.1, 0.15) is 12.8 Å². The van der Waals surface area contributed by atoms with E-state index in [-0.39, 0.29) is 5.88 Å². The van der Waals surface area contributed by atoms with E-state index in [4.69, 9.17) is 11.6 Å². The van der Waals surface area contributed by atoms with Crippen molar-refractivity contribution in [3.8, 4) is 0 Å². The number of rotatable bonds is 5. The first kappa shape index (κ1) is 14.9. The van der Waals surface area contributed by atoms with Crippen LogP contribution in [0.15, 0.2) is 24.3 Å². The minimum absolute atomic E-state index is 0.261. The van der Waals surface area contributed by atoms with Crippen LogP contribution < -0.4 is 10.2 Å². The number of nitrogens with zero attached hydrogens (tertiary/aromatic N) is 2. The molecule has 1 aromatic carbocycles. The van der Waals surface area contributed by atoms with Crippen LogP contribution in [0.3, 0.4) is 0 Å². The summed E-state index contributed by atoms with van der Waals surface area (Å²) in [6.45, 7) is 5.23. The summed E-state index contributed by atoms with van der Waals surface area (Å²) < 4.78 is 0. The molecular formula is C16H24ClN3O. The van der Waals surface area contributed by atoms with Crippen molar-refractivity contribution in [3.05, 3.63) is 24.3 Å². The van der Waals surface area contributed by atoms with Crippen molar-refractivity contribution < 1.29 is 5.11 Å². The molecule has 4 nitrogen and oxygen atoms in total. The Labute approximate surface area is 131 Å². The molecule has 2 atom stereocenters. The molecule has 21 heavy (non-hydrogen) atoms. The molecule has 116 valence electrons. The third kappa shape index (κ3) is 3.62. The third-order valence-corrected chi connectivity index (χ3v) is 4.90. The molecule has 2 aliphatic rings.